The topological polar surface area (TPSA) is 58.4 Å². The Hall–Kier alpha value is -0.610. The molecule has 0 bridgehead atoms. The van der Waals surface area contributed by atoms with Gasteiger partial charge in [-0.15, -0.1) is 0 Å². The summed E-state index contributed by atoms with van der Waals surface area (Å²) in [6.07, 6.45) is 5.01. The lowest BCUT2D eigenvalue weighted by Crippen LogP contribution is -2.44. The first kappa shape index (κ1) is 13.5. The third-order valence-corrected chi connectivity index (χ3v) is 3.15. The molecule has 0 atom stereocenters. The molecule has 4 nitrogen and oxygen atoms in total. The minimum Gasteiger partial charge on any atom is -0.369 e. The molecule has 1 rings (SSSR count). The fourth-order valence-electron chi connectivity index (χ4n) is 2.36. The van der Waals surface area contributed by atoms with Gasteiger partial charge in [0.1, 0.15) is 0 Å². The average Bonchev–Trinajstić information content (AvgIpc) is 2.67. The second-order valence-electron chi connectivity index (χ2n) is 4.98. The SMILES string of the molecule is CC(C)NCCN(CC(N)=O)C1CCCC1. The fourth-order valence-corrected chi connectivity index (χ4v) is 2.36. The van der Waals surface area contributed by atoms with Crippen molar-refractivity contribution in [2.24, 2.45) is 5.73 Å². The van der Waals surface area contributed by atoms with Gasteiger partial charge in [0.25, 0.3) is 0 Å². The molecular formula is C12H25N3O. The summed E-state index contributed by atoms with van der Waals surface area (Å²) in [5.74, 6) is -0.212. The van der Waals surface area contributed by atoms with Gasteiger partial charge in [-0.1, -0.05) is 26.7 Å². The molecule has 1 aliphatic rings. The highest BCUT2D eigenvalue weighted by atomic mass is 16.1. The van der Waals surface area contributed by atoms with Gasteiger partial charge in [-0.2, -0.15) is 0 Å². The summed E-state index contributed by atoms with van der Waals surface area (Å²) >= 11 is 0. The van der Waals surface area contributed by atoms with E-state index in [1.165, 1.54) is 25.7 Å². The number of nitrogens with one attached hydrogen (secondary N) is 1. The zero-order chi connectivity index (χ0) is 12.0. The normalized spacial score (nSPS) is 17.5. The molecule has 1 aliphatic carbocycles. The van der Waals surface area contributed by atoms with Gasteiger partial charge in [-0.25, -0.2) is 0 Å². The highest BCUT2D eigenvalue weighted by molar-refractivity contribution is 5.75. The molecule has 0 aliphatic heterocycles. The van der Waals surface area contributed by atoms with Gasteiger partial charge in [0, 0.05) is 25.2 Å². The zero-order valence-electron chi connectivity index (χ0n) is 10.5. The summed E-state index contributed by atoms with van der Waals surface area (Å²) in [6, 6.07) is 1.07. The molecule has 3 N–H and O–H groups in total. The number of amides is 1. The van der Waals surface area contributed by atoms with Crippen LogP contribution in [0.15, 0.2) is 0 Å². The van der Waals surface area contributed by atoms with Crippen LogP contribution in [-0.4, -0.2) is 42.5 Å². The molecule has 0 aromatic carbocycles. The van der Waals surface area contributed by atoms with Gasteiger partial charge in [0.2, 0.25) is 5.91 Å². The summed E-state index contributed by atoms with van der Waals surface area (Å²) in [5, 5.41) is 3.38. The van der Waals surface area contributed by atoms with E-state index in [9.17, 15) is 4.79 Å². The van der Waals surface area contributed by atoms with E-state index < -0.39 is 0 Å². The second-order valence-corrected chi connectivity index (χ2v) is 4.98. The third-order valence-electron chi connectivity index (χ3n) is 3.15. The summed E-state index contributed by atoms with van der Waals surface area (Å²) in [4.78, 5) is 13.3. The largest absolute Gasteiger partial charge is 0.369 e. The monoisotopic (exact) mass is 227 g/mol. The van der Waals surface area contributed by atoms with Crippen molar-refractivity contribution >= 4 is 5.91 Å². The number of rotatable bonds is 7. The molecule has 0 radical (unpaired) electrons. The van der Waals surface area contributed by atoms with Crippen LogP contribution in [0, 0.1) is 0 Å². The molecule has 1 amide bonds. The first-order valence-corrected chi connectivity index (χ1v) is 6.35. The predicted molar refractivity (Wildman–Crippen MR) is 66.2 cm³/mol. The van der Waals surface area contributed by atoms with E-state index in [2.05, 4.69) is 24.1 Å². The van der Waals surface area contributed by atoms with Crippen molar-refractivity contribution in [2.45, 2.75) is 51.6 Å². The summed E-state index contributed by atoms with van der Waals surface area (Å²) in [6.45, 7) is 6.53. The Bertz CT molecular complexity index is 212. The summed E-state index contributed by atoms with van der Waals surface area (Å²) < 4.78 is 0. The minimum absolute atomic E-state index is 0.212. The van der Waals surface area contributed by atoms with Crippen LogP contribution in [-0.2, 0) is 4.79 Å². The summed E-state index contributed by atoms with van der Waals surface area (Å²) in [5.41, 5.74) is 5.29. The Morgan fingerprint density at radius 2 is 2.06 bits per heavy atom. The van der Waals surface area contributed by atoms with Gasteiger partial charge in [-0.05, 0) is 12.8 Å². The Labute approximate surface area is 98.6 Å². The highest BCUT2D eigenvalue weighted by Crippen LogP contribution is 2.22. The van der Waals surface area contributed by atoms with Crippen LogP contribution in [0.3, 0.4) is 0 Å². The molecule has 0 aromatic heterocycles. The molecule has 1 fully saturated rings. The van der Waals surface area contributed by atoms with Crippen LogP contribution in [0.25, 0.3) is 0 Å². The smallest absolute Gasteiger partial charge is 0.231 e. The lowest BCUT2D eigenvalue weighted by atomic mass is 10.2. The first-order valence-electron chi connectivity index (χ1n) is 6.35. The quantitative estimate of drug-likeness (QED) is 0.673. The molecule has 94 valence electrons. The van der Waals surface area contributed by atoms with Gasteiger partial charge < -0.3 is 11.1 Å². The van der Waals surface area contributed by atoms with Crippen LogP contribution < -0.4 is 11.1 Å². The maximum Gasteiger partial charge on any atom is 0.231 e. The maximum absolute atomic E-state index is 11.0. The van der Waals surface area contributed by atoms with E-state index >= 15 is 0 Å². The van der Waals surface area contributed by atoms with Gasteiger partial charge in [-0.3, -0.25) is 9.69 Å². The van der Waals surface area contributed by atoms with Crippen LogP contribution in [0.1, 0.15) is 39.5 Å². The molecule has 0 saturated heterocycles. The molecule has 4 heteroatoms. The van der Waals surface area contributed by atoms with E-state index in [0.717, 1.165) is 13.1 Å². The van der Waals surface area contributed by atoms with Crippen molar-refractivity contribution in [3.8, 4) is 0 Å². The maximum atomic E-state index is 11.0. The average molecular weight is 227 g/mol. The Balaban J connectivity index is 2.34. The number of nitrogens with two attached hydrogens (primary N) is 1. The number of hydrogen-bond acceptors (Lipinski definition) is 3. The Kier molecular flexibility index (Phi) is 5.77. The van der Waals surface area contributed by atoms with Crippen LogP contribution in [0.2, 0.25) is 0 Å². The van der Waals surface area contributed by atoms with Crippen molar-refractivity contribution in [3.05, 3.63) is 0 Å². The first-order chi connectivity index (χ1) is 7.59. The van der Waals surface area contributed by atoms with Crippen LogP contribution >= 0.6 is 0 Å². The lowest BCUT2D eigenvalue weighted by Gasteiger charge is -2.27. The molecule has 16 heavy (non-hydrogen) atoms. The lowest BCUT2D eigenvalue weighted by molar-refractivity contribution is -0.119. The van der Waals surface area contributed by atoms with Crippen molar-refractivity contribution in [2.75, 3.05) is 19.6 Å². The number of hydrogen-bond donors (Lipinski definition) is 2. The summed E-state index contributed by atoms with van der Waals surface area (Å²) in [7, 11) is 0. The van der Waals surface area contributed by atoms with Crippen LogP contribution in [0.4, 0.5) is 0 Å². The van der Waals surface area contributed by atoms with Gasteiger partial charge >= 0.3 is 0 Å². The van der Waals surface area contributed by atoms with E-state index in [1.54, 1.807) is 0 Å². The third kappa shape index (κ3) is 4.94. The van der Waals surface area contributed by atoms with Crippen molar-refractivity contribution in [3.63, 3.8) is 0 Å². The molecule has 0 heterocycles. The molecule has 1 saturated carbocycles. The van der Waals surface area contributed by atoms with E-state index in [-0.39, 0.29) is 5.91 Å². The van der Waals surface area contributed by atoms with Crippen molar-refractivity contribution in [1.29, 1.82) is 0 Å². The van der Waals surface area contributed by atoms with Gasteiger partial charge in [0.05, 0.1) is 6.54 Å². The zero-order valence-corrected chi connectivity index (χ0v) is 10.5. The van der Waals surface area contributed by atoms with Crippen molar-refractivity contribution < 1.29 is 4.79 Å². The fraction of sp³-hybridized carbons (Fsp3) is 0.917. The Morgan fingerprint density at radius 1 is 1.44 bits per heavy atom. The number of carbonyl (C=O) groups is 1. The second kappa shape index (κ2) is 6.86. The number of primary amides is 1. The Morgan fingerprint density at radius 3 is 2.56 bits per heavy atom. The predicted octanol–water partition coefficient (Wildman–Crippen LogP) is 0.714. The molecular weight excluding hydrogens is 202 g/mol. The van der Waals surface area contributed by atoms with E-state index in [0.29, 0.717) is 18.6 Å². The molecule has 0 spiro atoms. The van der Waals surface area contributed by atoms with Crippen LogP contribution in [0.5, 0.6) is 0 Å². The minimum atomic E-state index is -0.212. The van der Waals surface area contributed by atoms with E-state index in [4.69, 9.17) is 5.73 Å². The van der Waals surface area contributed by atoms with Gasteiger partial charge in [0.15, 0.2) is 0 Å². The number of carbonyl (C=O) groups excluding carboxylic acids is 1. The molecule has 0 unspecified atom stereocenters. The highest BCUT2D eigenvalue weighted by Gasteiger charge is 2.23. The van der Waals surface area contributed by atoms with E-state index in [1.807, 2.05) is 0 Å². The van der Waals surface area contributed by atoms with Crippen molar-refractivity contribution in [1.82, 2.24) is 10.2 Å². The molecule has 0 aromatic rings. The standard InChI is InChI=1S/C12H25N3O/c1-10(2)14-7-8-15(9-12(13)16)11-5-3-4-6-11/h10-11,14H,3-9H2,1-2H3,(H2,13,16). The number of nitrogens with zero attached hydrogens (tertiary/aromatic N) is 1.